The lowest BCUT2D eigenvalue weighted by molar-refractivity contribution is 1.17. The van der Waals surface area contributed by atoms with E-state index in [-0.39, 0.29) is 0 Å². The molecule has 232 valence electrons. The molecule has 50 heavy (non-hydrogen) atoms. The number of rotatable bonds is 3. The minimum absolute atomic E-state index is 1.15. The van der Waals surface area contributed by atoms with Crippen molar-refractivity contribution < 1.29 is 0 Å². The number of hydrogen-bond donors (Lipinski definition) is 0. The maximum absolute atomic E-state index is 2.49. The summed E-state index contributed by atoms with van der Waals surface area (Å²) >= 11 is 0. The quantitative estimate of drug-likeness (QED) is 0.171. The normalized spacial score (nSPS) is 12.0. The van der Waals surface area contributed by atoms with Gasteiger partial charge in [-0.15, -0.1) is 0 Å². The molecule has 11 rings (SSSR count). The van der Waals surface area contributed by atoms with Crippen molar-refractivity contribution in [1.29, 1.82) is 0 Å². The SMILES string of the molecule is c1ccc(-n2c3ccccc3c3c2ccc2c4ccccc4n(-c4cccc(-c5ccc6c7ccccc7c7ccccc7c6c5)c4)c23)cc1. The van der Waals surface area contributed by atoms with E-state index >= 15 is 0 Å². The Kier molecular flexibility index (Phi) is 5.70. The van der Waals surface area contributed by atoms with Crippen LogP contribution in [0.5, 0.6) is 0 Å². The highest BCUT2D eigenvalue weighted by atomic mass is 15.0. The Hall–Kier alpha value is -6.64. The first-order valence-corrected chi connectivity index (χ1v) is 17.3. The monoisotopic (exact) mass is 634 g/mol. The summed E-state index contributed by atoms with van der Waals surface area (Å²) < 4.78 is 4.90. The van der Waals surface area contributed by atoms with E-state index in [1.54, 1.807) is 0 Å². The van der Waals surface area contributed by atoms with Crippen molar-refractivity contribution >= 4 is 75.9 Å². The van der Waals surface area contributed by atoms with Crippen LogP contribution in [0, 0.1) is 0 Å². The van der Waals surface area contributed by atoms with Crippen LogP contribution in [0.4, 0.5) is 0 Å². The molecular weight excluding hydrogens is 605 g/mol. The second-order valence-electron chi connectivity index (χ2n) is 13.3. The lowest BCUT2D eigenvalue weighted by atomic mass is 9.92. The number of hydrogen-bond acceptors (Lipinski definition) is 0. The molecule has 9 aromatic carbocycles. The van der Waals surface area contributed by atoms with Gasteiger partial charge in [0.25, 0.3) is 0 Å². The highest BCUT2D eigenvalue weighted by Gasteiger charge is 2.21. The minimum Gasteiger partial charge on any atom is -0.309 e. The van der Waals surface area contributed by atoms with Gasteiger partial charge < -0.3 is 9.13 Å². The molecule has 0 bridgehead atoms. The molecular formula is C48H30N2. The fourth-order valence-electron chi connectivity index (χ4n) is 8.54. The fourth-order valence-corrected chi connectivity index (χ4v) is 8.54. The van der Waals surface area contributed by atoms with Crippen LogP contribution in [0.25, 0.3) is 98.4 Å². The van der Waals surface area contributed by atoms with Gasteiger partial charge in [-0.3, -0.25) is 0 Å². The molecule has 0 N–H and O–H groups in total. The Morgan fingerprint density at radius 1 is 0.260 bits per heavy atom. The zero-order chi connectivity index (χ0) is 32.8. The maximum atomic E-state index is 2.49. The van der Waals surface area contributed by atoms with Crippen molar-refractivity contribution in [3.05, 3.63) is 182 Å². The van der Waals surface area contributed by atoms with Gasteiger partial charge in [0.05, 0.1) is 22.1 Å². The molecule has 0 aliphatic rings. The molecule has 0 fully saturated rings. The van der Waals surface area contributed by atoms with E-state index in [1.807, 2.05) is 0 Å². The Bertz CT molecular complexity index is 3110. The number of fused-ring (bicyclic) bond motifs is 13. The first kappa shape index (κ1) is 27.3. The molecule has 2 heterocycles. The number of aromatic nitrogens is 2. The average molecular weight is 635 g/mol. The van der Waals surface area contributed by atoms with Crippen LogP contribution in [0.3, 0.4) is 0 Å². The summed E-state index contributed by atoms with van der Waals surface area (Å²) in [6, 6.07) is 66.7. The summed E-state index contributed by atoms with van der Waals surface area (Å²) in [5, 5.41) is 12.8. The molecule has 0 unspecified atom stereocenters. The minimum atomic E-state index is 1.15. The molecule has 0 aliphatic carbocycles. The zero-order valence-corrected chi connectivity index (χ0v) is 27.2. The summed E-state index contributed by atoms with van der Waals surface area (Å²) in [6.07, 6.45) is 0. The van der Waals surface area contributed by atoms with Gasteiger partial charge in [0.1, 0.15) is 0 Å². The highest BCUT2D eigenvalue weighted by molar-refractivity contribution is 6.27. The van der Waals surface area contributed by atoms with Crippen molar-refractivity contribution in [2.75, 3.05) is 0 Å². The fraction of sp³-hybridized carbons (Fsp3) is 0. The van der Waals surface area contributed by atoms with Gasteiger partial charge in [-0.1, -0.05) is 133 Å². The van der Waals surface area contributed by atoms with Crippen molar-refractivity contribution in [2.45, 2.75) is 0 Å². The predicted molar refractivity (Wildman–Crippen MR) is 213 cm³/mol. The van der Waals surface area contributed by atoms with E-state index in [0.29, 0.717) is 0 Å². The number of benzene rings is 9. The summed E-state index contributed by atoms with van der Waals surface area (Å²) in [7, 11) is 0. The second kappa shape index (κ2) is 10.4. The van der Waals surface area contributed by atoms with Crippen LogP contribution in [0.2, 0.25) is 0 Å². The Balaban J connectivity index is 1.20. The second-order valence-corrected chi connectivity index (χ2v) is 13.3. The summed E-state index contributed by atoms with van der Waals surface area (Å²) in [5.74, 6) is 0. The van der Waals surface area contributed by atoms with E-state index < -0.39 is 0 Å². The molecule has 0 amide bonds. The van der Waals surface area contributed by atoms with Gasteiger partial charge in [-0.2, -0.15) is 0 Å². The largest absolute Gasteiger partial charge is 0.309 e. The summed E-state index contributed by atoms with van der Waals surface area (Å²) in [5.41, 5.74) is 9.60. The van der Waals surface area contributed by atoms with Crippen molar-refractivity contribution in [3.8, 4) is 22.5 Å². The van der Waals surface area contributed by atoms with Gasteiger partial charge in [0.2, 0.25) is 0 Å². The smallest absolute Gasteiger partial charge is 0.0641 e. The van der Waals surface area contributed by atoms with Crippen LogP contribution >= 0.6 is 0 Å². The third kappa shape index (κ3) is 3.79. The van der Waals surface area contributed by atoms with Gasteiger partial charge in [-0.05, 0) is 92.0 Å². The number of para-hydroxylation sites is 3. The lowest BCUT2D eigenvalue weighted by Gasteiger charge is -2.14. The van der Waals surface area contributed by atoms with Gasteiger partial charge in [0.15, 0.2) is 0 Å². The van der Waals surface area contributed by atoms with Crippen LogP contribution in [0.15, 0.2) is 182 Å². The first-order chi connectivity index (χ1) is 24.8. The zero-order valence-electron chi connectivity index (χ0n) is 27.2. The summed E-state index contributed by atoms with van der Waals surface area (Å²) in [6.45, 7) is 0. The standard InChI is InChI=1S/C48H30N2/c1-2-14-33(15-3-1)49-45-24-11-9-22-42(45)47-46(49)28-27-41-40-21-8-10-23-44(40)50(48(41)47)34-16-12-13-31(29-34)32-25-26-39-37-19-5-4-17-35(37)36-18-6-7-20-38(36)43(39)30-32/h1-30H. The van der Waals surface area contributed by atoms with E-state index in [0.717, 1.165) is 5.69 Å². The first-order valence-electron chi connectivity index (χ1n) is 17.3. The van der Waals surface area contributed by atoms with Crippen molar-refractivity contribution in [1.82, 2.24) is 9.13 Å². The van der Waals surface area contributed by atoms with E-state index in [4.69, 9.17) is 0 Å². The molecule has 0 radical (unpaired) electrons. The van der Waals surface area contributed by atoms with E-state index in [1.165, 1.54) is 92.7 Å². The lowest BCUT2D eigenvalue weighted by Crippen LogP contribution is -1.96. The van der Waals surface area contributed by atoms with Gasteiger partial charge >= 0.3 is 0 Å². The molecule has 2 heteroatoms. The topological polar surface area (TPSA) is 9.86 Å². The maximum Gasteiger partial charge on any atom is 0.0641 e. The predicted octanol–water partition coefficient (Wildman–Crippen LogP) is 13.0. The molecule has 0 spiro atoms. The van der Waals surface area contributed by atoms with E-state index in [9.17, 15) is 0 Å². The van der Waals surface area contributed by atoms with Crippen molar-refractivity contribution in [2.24, 2.45) is 0 Å². The Morgan fingerprint density at radius 3 is 1.50 bits per heavy atom. The third-order valence-corrected chi connectivity index (χ3v) is 10.7. The molecule has 0 saturated carbocycles. The molecule has 11 aromatic rings. The summed E-state index contributed by atoms with van der Waals surface area (Å²) in [4.78, 5) is 0. The molecule has 0 atom stereocenters. The van der Waals surface area contributed by atoms with Crippen LogP contribution in [-0.4, -0.2) is 9.13 Å². The molecule has 2 aromatic heterocycles. The molecule has 0 saturated heterocycles. The van der Waals surface area contributed by atoms with Crippen molar-refractivity contribution in [3.63, 3.8) is 0 Å². The van der Waals surface area contributed by atoms with Crippen LogP contribution in [-0.2, 0) is 0 Å². The van der Waals surface area contributed by atoms with Gasteiger partial charge in [-0.25, -0.2) is 0 Å². The molecule has 2 nitrogen and oxygen atoms in total. The van der Waals surface area contributed by atoms with Crippen LogP contribution < -0.4 is 0 Å². The highest BCUT2D eigenvalue weighted by Crippen LogP contribution is 2.43. The molecule has 0 aliphatic heterocycles. The van der Waals surface area contributed by atoms with Gasteiger partial charge in [0, 0.05) is 32.9 Å². The van der Waals surface area contributed by atoms with Crippen LogP contribution in [0.1, 0.15) is 0 Å². The Labute approximate surface area is 288 Å². The third-order valence-electron chi connectivity index (χ3n) is 10.7. The Morgan fingerprint density at radius 2 is 0.780 bits per heavy atom. The van der Waals surface area contributed by atoms with E-state index in [2.05, 4.69) is 191 Å². The average Bonchev–Trinajstić information content (AvgIpc) is 3.71. The number of nitrogens with zero attached hydrogens (tertiary/aromatic N) is 2.